The Morgan fingerprint density at radius 3 is 2.60 bits per heavy atom. The van der Waals surface area contributed by atoms with Gasteiger partial charge in [0, 0.05) is 12.3 Å². The Hall–Kier alpha value is -1.61. The van der Waals surface area contributed by atoms with Gasteiger partial charge in [0.1, 0.15) is 6.10 Å². The highest BCUT2D eigenvalue weighted by atomic mass is 16.6. The highest BCUT2D eigenvalue weighted by Gasteiger charge is 2.65. The second-order valence-corrected chi connectivity index (χ2v) is 8.78. The number of fused-ring (bicyclic) bond motifs is 2. The van der Waals surface area contributed by atoms with Gasteiger partial charge in [0.05, 0.1) is 17.8 Å². The summed E-state index contributed by atoms with van der Waals surface area (Å²) in [6.45, 7) is 7.65. The van der Waals surface area contributed by atoms with Crippen LogP contribution < -0.4 is 0 Å². The number of ether oxygens (including phenoxy) is 2. The molecule has 0 N–H and O–H groups in total. The molecule has 1 heterocycles. The molecule has 1 saturated carbocycles. The summed E-state index contributed by atoms with van der Waals surface area (Å²) in [4.78, 5) is 12.7. The van der Waals surface area contributed by atoms with Gasteiger partial charge in [-0.2, -0.15) is 0 Å². The maximum atomic E-state index is 12.7. The van der Waals surface area contributed by atoms with E-state index in [0.29, 0.717) is 17.4 Å². The summed E-state index contributed by atoms with van der Waals surface area (Å²) < 4.78 is 12.1. The number of epoxide rings is 1. The lowest BCUT2D eigenvalue weighted by Crippen LogP contribution is -2.56. The van der Waals surface area contributed by atoms with E-state index < -0.39 is 0 Å². The Balaban J connectivity index is 1.61. The molecular weight excluding hydrogens is 312 g/mol. The molecule has 0 amide bonds. The summed E-state index contributed by atoms with van der Waals surface area (Å²) in [6, 6.07) is 9.34. The van der Waals surface area contributed by atoms with Crippen molar-refractivity contribution in [3.05, 3.63) is 47.5 Å². The summed E-state index contributed by atoms with van der Waals surface area (Å²) in [6.07, 6.45) is 6.40. The van der Waals surface area contributed by atoms with Crippen molar-refractivity contribution in [2.24, 2.45) is 17.3 Å². The van der Waals surface area contributed by atoms with Crippen molar-refractivity contribution in [3.63, 3.8) is 0 Å². The number of allylic oxidation sites excluding steroid dienone is 1. The van der Waals surface area contributed by atoms with Crippen LogP contribution in [0.2, 0.25) is 0 Å². The molecule has 2 fully saturated rings. The minimum absolute atomic E-state index is 0.0404. The zero-order valence-electron chi connectivity index (χ0n) is 15.5. The highest BCUT2D eigenvalue weighted by molar-refractivity contribution is 5.89. The van der Waals surface area contributed by atoms with Crippen LogP contribution in [0.25, 0.3) is 0 Å². The standard InChI is InChI=1S/C22H28O3/c1-15-8-7-11-22(14-24-22)17-13-21(2,3)19(17)18(12-15)25-20(23)16-9-5-4-6-10-16/h4-6,8-10,17-19H,7,11-14H2,1-3H3/b15-8+/t17-,18+,19+,22-/m1/s1. The molecule has 0 bridgehead atoms. The Morgan fingerprint density at radius 2 is 1.96 bits per heavy atom. The number of hydrogen-bond acceptors (Lipinski definition) is 3. The lowest BCUT2D eigenvalue weighted by Gasteiger charge is -2.56. The van der Waals surface area contributed by atoms with Crippen molar-refractivity contribution in [1.82, 2.24) is 0 Å². The van der Waals surface area contributed by atoms with Crippen molar-refractivity contribution < 1.29 is 14.3 Å². The van der Waals surface area contributed by atoms with E-state index >= 15 is 0 Å². The maximum Gasteiger partial charge on any atom is 0.338 e. The monoisotopic (exact) mass is 340 g/mol. The first-order valence-electron chi connectivity index (χ1n) is 9.47. The van der Waals surface area contributed by atoms with Crippen molar-refractivity contribution in [2.45, 2.75) is 58.2 Å². The molecular formula is C22H28O3. The van der Waals surface area contributed by atoms with E-state index in [-0.39, 0.29) is 23.1 Å². The number of carbonyl (C=O) groups excluding carboxylic acids is 1. The Bertz CT molecular complexity index is 684. The maximum absolute atomic E-state index is 12.7. The number of carbonyl (C=O) groups is 1. The summed E-state index contributed by atoms with van der Waals surface area (Å²) in [5, 5.41) is 0. The molecule has 3 heteroatoms. The summed E-state index contributed by atoms with van der Waals surface area (Å²) in [5.41, 5.74) is 2.19. The molecule has 3 nitrogen and oxygen atoms in total. The van der Waals surface area contributed by atoms with E-state index in [1.165, 1.54) is 5.57 Å². The molecule has 2 aliphatic carbocycles. The quantitative estimate of drug-likeness (QED) is 0.442. The Kier molecular flexibility index (Phi) is 4.03. The number of esters is 1. The molecule has 3 aliphatic rings. The van der Waals surface area contributed by atoms with E-state index in [1.807, 2.05) is 30.3 Å². The predicted molar refractivity (Wildman–Crippen MR) is 97.3 cm³/mol. The first-order chi connectivity index (χ1) is 11.9. The third-order valence-electron chi connectivity index (χ3n) is 6.52. The van der Waals surface area contributed by atoms with Gasteiger partial charge < -0.3 is 9.47 Å². The van der Waals surface area contributed by atoms with Crippen LogP contribution in [-0.4, -0.2) is 24.3 Å². The molecule has 0 radical (unpaired) electrons. The van der Waals surface area contributed by atoms with Crippen molar-refractivity contribution in [1.29, 1.82) is 0 Å². The predicted octanol–water partition coefficient (Wildman–Crippen LogP) is 4.77. The molecule has 4 rings (SSSR count). The highest BCUT2D eigenvalue weighted by Crippen LogP contribution is 2.63. The topological polar surface area (TPSA) is 38.8 Å². The molecule has 1 aromatic rings. The van der Waals surface area contributed by atoms with E-state index in [1.54, 1.807) is 0 Å². The van der Waals surface area contributed by atoms with Gasteiger partial charge in [-0.05, 0) is 49.7 Å². The molecule has 25 heavy (non-hydrogen) atoms. The van der Waals surface area contributed by atoms with Gasteiger partial charge in [0.25, 0.3) is 0 Å². The minimum atomic E-state index is -0.204. The van der Waals surface area contributed by atoms with Gasteiger partial charge in [0.2, 0.25) is 0 Å². The average Bonchev–Trinajstić information content (AvgIpc) is 3.33. The summed E-state index contributed by atoms with van der Waals surface area (Å²) in [7, 11) is 0. The lowest BCUT2D eigenvalue weighted by atomic mass is 9.49. The molecule has 0 unspecified atom stereocenters. The fraction of sp³-hybridized carbons (Fsp3) is 0.591. The number of hydrogen-bond donors (Lipinski definition) is 0. The number of benzene rings is 1. The molecule has 0 aromatic heterocycles. The third kappa shape index (κ3) is 3.03. The second kappa shape index (κ2) is 5.98. The van der Waals surface area contributed by atoms with Crippen LogP contribution in [0.1, 0.15) is 56.8 Å². The van der Waals surface area contributed by atoms with Crippen LogP contribution in [0.4, 0.5) is 0 Å². The van der Waals surface area contributed by atoms with Gasteiger partial charge in [-0.1, -0.05) is 43.7 Å². The third-order valence-corrected chi connectivity index (χ3v) is 6.52. The SMILES string of the molecule is C/C1=C\CC[C@@]2(CO2)[C@@H]2CC(C)(C)[C@@H]2[C@@H](OC(=O)c2ccccc2)C1. The van der Waals surface area contributed by atoms with E-state index in [0.717, 1.165) is 32.3 Å². The van der Waals surface area contributed by atoms with Gasteiger partial charge in [-0.15, -0.1) is 0 Å². The first-order valence-corrected chi connectivity index (χ1v) is 9.47. The van der Waals surface area contributed by atoms with Crippen molar-refractivity contribution in [2.75, 3.05) is 6.61 Å². The smallest absolute Gasteiger partial charge is 0.338 e. The van der Waals surface area contributed by atoms with Gasteiger partial charge in [0.15, 0.2) is 0 Å². The molecule has 1 spiro atoms. The van der Waals surface area contributed by atoms with Crippen LogP contribution in [0.15, 0.2) is 42.0 Å². The minimum Gasteiger partial charge on any atom is -0.458 e. The molecule has 1 aromatic carbocycles. The van der Waals surface area contributed by atoms with Crippen LogP contribution in [0, 0.1) is 17.3 Å². The van der Waals surface area contributed by atoms with Gasteiger partial charge in [-0.3, -0.25) is 0 Å². The lowest BCUT2D eigenvalue weighted by molar-refractivity contribution is -0.127. The van der Waals surface area contributed by atoms with Crippen LogP contribution in [-0.2, 0) is 9.47 Å². The molecule has 1 saturated heterocycles. The molecule has 134 valence electrons. The van der Waals surface area contributed by atoms with Crippen LogP contribution in [0.3, 0.4) is 0 Å². The molecule has 4 atom stereocenters. The van der Waals surface area contributed by atoms with Gasteiger partial charge >= 0.3 is 5.97 Å². The normalized spacial score (nSPS) is 38.2. The molecule has 1 aliphatic heterocycles. The average molecular weight is 340 g/mol. The Morgan fingerprint density at radius 1 is 1.24 bits per heavy atom. The van der Waals surface area contributed by atoms with Gasteiger partial charge in [-0.25, -0.2) is 4.79 Å². The van der Waals surface area contributed by atoms with E-state index in [4.69, 9.17) is 9.47 Å². The zero-order valence-corrected chi connectivity index (χ0v) is 15.5. The van der Waals surface area contributed by atoms with E-state index in [2.05, 4.69) is 26.8 Å². The fourth-order valence-electron chi connectivity index (χ4n) is 5.11. The fourth-order valence-corrected chi connectivity index (χ4v) is 5.11. The Labute approximate surface area is 150 Å². The van der Waals surface area contributed by atoms with Crippen LogP contribution >= 0.6 is 0 Å². The largest absolute Gasteiger partial charge is 0.458 e. The first kappa shape index (κ1) is 16.8. The van der Waals surface area contributed by atoms with E-state index in [9.17, 15) is 4.79 Å². The second-order valence-electron chi connectivity index (χ2n) is 8.78. The number of rotatable bonds is 2. The zero-order chi connectivity index (χ0) is 17.7. The van der Waals surface area contributed by atoms with Crippen LogP contribution in [0.5, 0.6) is 0 Å². The van der Waals surface area contributed by atoms with Crippen molar-refractivity contribution in [3.8, 4) is 0 Å². The van der Waals surface area contributed by atoms with Crippen molar-refractivity contribution >= 4 is 5.97 Å². The summed E-state index contributed by atoms with van der Waals surface area (Å²) >= 11 is 0. The summed E-state index contributed by atoms with van der Waals surface area (Å²) in [5.74, 6) is 0.671.